The summed E-state index contributed by atoms with van der Waals surface area (Å²) in [4.78, 5) is 12.1. The third-order valence-electron chi connectivity index (χ3n) is 3.95. The van der Waals surface area contributed by atoms with Gasteiger partial charge in [-0.2, -0.15) is 0 Å². The van der Waals surface area contributed by atoms with E-state index in [1.807, 2.05) is 24.3 Å². The Kier molecular flexibility index (Phi) is 3.95. The molecule has 1 aliphatic rings. The second-order valence-electron chi connectivity index (χ2n) is 5.46. The highest BCUT2D eigenvalue weighted by Crippen LogP contribution is 2.37. The maximum Gasteiger partial charge on any atom is 0.215 e. The van der Waals surface area contributed by atoms with E-state index in [1.54, 1.807) is 7.11 Å². The predicted octanol–water partition coefficient (Wildman–Crippen LogP) is 1.98. The quantitative estimate of drug-likeness (QED) is 0.890. The maximum absolute atomic E-state index is 12.1. The number of nitrogens with zero attached hydrogens (tertiary/aromatic N) is 2. The lowest BCUT2D eigenvalue weighted by Crippen LogP contribution is -2.32. The molecule has 2 aromatic rings. The van der Waals surface area contributed by atoms with Crippen LogP contribution < -0.4 is 15.8 Å². The lowest BCUT2D eigenvalue weighted by atomic mass is 9.80. The van der Waals surface area contributed by atoms with Crippen LogP contribution in [-0.4, -0.2) is 29.2 Å². The van der Waals surface area contributed by atoms with Gasteiger partial charge in [0.05, 0.1) is 7.11 Å². The van der Waals surface area contributed by atoms with Gasteiger partial charge in [-0.05, 0) is 34.3 Å². The second-order valence-corrected chi connectivity index (χ2v) is 5.46. The third-order valence-corrected chi connectivity index (χ3v) is 3.95. The number of carbonyl (C=O) groups excluding carboxylic acids is 1. The molecule has 0 amide bonds. The van der Waals surface area contributed by atoms with Gasteiger partial charge in [0, 0.05) is 18.9 Å². The SMILES string of the molecule is COc1ccccc1C1CC(=O)CC(Nc2nonc2N)C1. The monoisotopic (exact) mass is 302 g/mol. The number of carbonyl (C=O) groups is 1. The number of nitrogens with one attached hydrogen (secondary N) is 1. The number of benzene rings is 1. The zero-order chi connectivity index (χ0) is 15.5. The van der Waals surface area contributed by atoms with Crippen LogP contribution in [0.1, 0.15) is 30.7 Å². The molecule has 22 heavy (non-hydrogen) atoms. The first-order valence-electron chi connectivity index (χ1n) is 7.16. The number of nitrogens with two attached hydrogens (primary N) is 1. The summed E-state index contributed by atoms with van der Waals surface area (Å²) in [6, 6.07) is 7.75. The van der Waals surface area contributed by atoms with Crippen LogP contribution in [-0.2, 0) is 4.79 Å². The van der Waals surface area contributed by atoms with Crippen molar-refractivity contribution in [3.63, 3.8) is 0 Å². The fraction of sp³-hybridized carbons (Fsp3) is 0.400. The van der Waals surface area contributed by atoms with Gasteiger partial charge in [0.2, 0.25) is 11.6 Å². The van der Waals surface area contributed by atoms with Crippen LogP contribution in [0.25, 0.3) is 0 Å². The standard InChI is InChI=1S/C15H18N4O3/c1-21-13-5-3-2-4-12(13)9-6-10(8-11(20)7-9)17-15-14(16)18-22-19-15/h2-5,9-10H,6-8H2,1H3,(H2,16,18)(H,17,19). The molecule has 0 saturated heterocycles. The fourth-order valence-electron chi connectivity index (χ4n) is 2.98. The lowest BCUT2D eigenvalue weighted by molar-refractivity contribution is -0.120. The molecule has 7 heteroatoms. The number of nitrogen functional groups attached to an aromatic ring is 1. The number of anilines is 2. The number of hydrogen-bond acceptors (Lipinski definition) is 7. The number of methoxy groups -OCH3 is 1. The predicted molar refractivity (Wildman–Crippen MR) is 80.7 cm³/mol. The van der Waals surface area contributed by atoms with Crippen molar-refractivity contribution >= 4 is 17.4 Å². The van der Waals surface area contributed by atoms with E-state index in [-0.39, 0.29) is 23.6 Å². The Bertz CT molecular complexity index is 670. The molecule has 116 valence electrons. The Hall–Kier alpha value is -2.57. The highest BCUT2D eigenvalue weighted by atomic mass is 16.6. The zero-order valence-corrected chi connectivity index (χ0v) is 12.3. The molecule has 3 rings (SSSR count). The summed E-state index contributed by atoms with van der Waals surface area (Å²) in [5.74, 6) is 1.71. The molecule has 1 aromatic heterocycles. The Morgan fingerprint density at radius 2 is 2.14 bits per heavy atom. The minimum absolute atomic E-state index is 0.0506. The van der Waals surface area contributed by atoms with Gasteiger partial charge in [0.25, 0.3) is 0 Å². The molecule has 1 saturated carbocycles. The van der Waals surface area contributed by atoms with Crippen LogP contribution in [0.2, 0.25) is 0 Å². The highest BCUT2D eigenvalue weighted by molar-refractivity contribution is 5.81. The molecule has 1 heterocycles. The van der Waals surface area contributed by atoms with E-state index in [1.165, 1.54) is 0 Å². The summed E-state index contributed by atoms with van der Waals surface area (Å²) < 4.78 is 9.97. The maximum atomic E-state index is 12.1. The van der Waals surface area contributed by atoms with Crippen molar-refractivity contribution in [3.05, 3.63) is 29.8 Å². The van der Waals surface area contributed by atoms with Crippen molar-refractivity contribution < 1.29 is 14.2 Å². The smallest absolute Gasteiger partial charge is 0.215 e. The van der Waals surface area contributed by atoms with Crippen LogP contribution in [0.3, 0.4) is 0 Å². The molecule has 3 N–H and O–H groups in total. The van der Waals surface area contributed by atoms with E-state index in [4.69, 9.17) is 10.5 Å². The van der Waals surface area contributed by atoms with Crippen LogP contribution in [0.15, 0.2) is 28.9 Å². The van der Waals surface area contributed by atoms with E-state index in [2.05, 4.69) is 20.3 Å². The lowest BCUT2D eigenvalue weighted by Gasteiger charge is -2.29. The van der Waals surface area contributed by atoms with Gasteiger partial charge in [-0.3, -0.25) is 4.79 Å². The van der Waals surface area contributed by atoms with E-state index in [9.17, 15) is 4.79 Å². The summed E-state index contributed by atoms with van der Waals surface area (Å²) in [5.41, 5.74) is 6.70. The Morgan fingerprint density at radius 1 is 1.32 bits per heavy atom. The summed E-state index contributed by atoms with van der Waals surface area (Å²) in [6.07, 6.45) is 1.75. The number of ether oxygens (including phenoxy) is 1. The molecule has 1 fully saturated rings. The Balaban J connectivity index is 1.79. The van der Waals surface area contributed by atoms with Gasteiger partial charge in [-0.15, -0.1) is 0 Å². The van der Waals surface area contributed by atoms with Gasteiger partial charge in [0.1, 0.15) is 11.5 Å². The minimum Gasteiger partial charge on any atom is -0.496 e. The van der Waals surface area contributed by atoms with Crippen LogP contribution in [0.5, 0.6) is 5.75 Å². The van der Waals surface area contributed by atoms with E-state index >= 15 is 0 Å². The number of hydrogen-bond donors (Lipinski definition) is 2. The first kappa shape index (κ1) is 14.4. The van der Waals surface area contributed by atoms with Gasteiger partial charge < -0.3 is 15.8 Å². The molecule has 7 nitrogen and oxygen atoms in total. The van der Waals surface area contributed by atoms with Crippen molar-refractivity contribution in [2.24, 2.45) is 0 Å². The van der Waals surface area contributed by atoms with Crippen molar-refractivity contribution in [3.8, 4) is 5.75 Å². The van der Waals surface area contributed by atoms with Gasteiger partial charge in [0.15, 0.2) is 0 Å². The molecule has 0 spiro atoms. The van der Waals surface area contributed by atoms with Crippen LogP contribution in [0, 0.1) is 0 Å². The Labute approximate surface area is 127 Å². The number of aromatic nitrogens is 2. The summed E-state index contributed by atoms with van der Waals surface area (Å²) in [5, 5.41) is 10.4. The van der Waals surface area contributed by atoms with Crippen molar-refractivity contribution in [2.45, 2.75) is 31.2 Å². The zero-order valence-electron chi connectivity index (χ0n) is 12.3. The van der Waals surface area contributed by atoms with Crippen LogP contribution in [0.4, 0.5) is 11.6 Å². The molecule has 2 atom stereocenters. The van der Waals surface area contributed by atoms with Crippen molar-refractivity contribution in [1.82, 2.24) is 10.3 Å². The van der Waals surface area contributed by atoms with Crippen molar-refractivity contribution in [1.29, 1.82) is 0 Å². The number of ketones is 1. The molecule has 1 aliphatic carbocycles. The number of Topliss-reactive ketones (excluding diaryl/α,β-unsaturated/α-hetero) is 1. The number of rotatable bonds is 4. The van der Waals surface area contributed by atoms with E-state index in [0.717, 1.165) is 17.7 Å². The molecule has 0 radical (unpaired) electrons. The second kappa shape index (κ2) is 6.05. The highest BCUT2D eigenvalue weighted by Gasteiger charge is 2.30. The third kappa shape index (κ3) is 2.88. The average molecular weight is 302 g/mol. The summed E-state index contributed by atoms with van der Waals surface area (Å²) in [6.45, 7) is 0. The Morgan fingerprint density at radius 3 is 2.86 bits per heavy atom. The number of para-hydroxylation sites is 1. The molecule has 0 bridgehead atoms. The average Bonchev–Trinajstić information content (AvgIpc) is 2.92. The summed E-state index contributed by atoms with van der Waals surface area (Å²) in [7, 11) is 1.64. The van der Waals surface area contributed by atoms with Crippen LogP contribution >= 0.6 is 0 Å². The largest absolute Gasteiger partial charge is 0.496 e. The normalized spacial score (nSPS) is 21.6. The van der Waals surface area contributed by atoms with E-state index in [0.29, 0.717) is 18.7 Å². The van der Waals surface area contributed by atoms with Crippen molar-refractivity contribution in [2.75, 3.05) is 18.2 Å². The molecular formula is C15H18N4O3. The minimum atomic E-state index is -0.0506. The molecule has 2 unspecified atom stereocenters. The summed E-state index contributed by atoms with van der Waals surface area (Å²) >= 11 is 0. The molecule has 0 aliphatic heterocycles. The van der Waals surface area contributed by atoms with Gasteiger partial charge >= 0.3 is 0 Å². The fourth-order valence-corrected chi connectivity index (χ4v) is 2.98. The molecule has 1 aromatic carbocycles. The first-order valence-corrected chi connectivity index (χ1v) is 7.16. The topological polar surface area (TPSA) is 103 Å². The van der Waals surface area contributed by atoms with Gasteiger partial charge in [-0.1, -0.05) is 18.2 Å². The van der Waals surface area contributed by atoms with E-state index < -0.39 is 0 Å². The molecular weight excluding hydrogens is 284 g/mol. The first-order chi connectivity index (χ1) is 10.7. The van der Waals surface area contributed by atoms with Gasteiger partial charge in [-0.25, -0.2) is 4.63 Å².